The van der Waals surface area contributed by atoms with E-state index in [0.29, 0.717) is 5.01 Å². The first-order valence-electron chi connectivity index (χ1n) is 5.40. The molecule has 2 rings (SSSR count). The van der Waals surface area contributed by atoms with Crippen molar-refractivity contribution in [1.82, 2.24) is 15.1 Å². The Morgan fingerprint density at radius 3 is 2.56 bits per heavy atom. The Balaban J connectivity index is 2.16. The van der Waals surface area contributed by atoms with Crippen molar-refractivity contribution in [1.29, 1.82) is 0 Å². The molecule has 1 aromatic carbocycles. The Labute approximate surface area is 114 Å². The van der Waals surface area contributed by atoms with Crippen molar-refractivity contribution in [2.75, 3.05) is 7.05 Å². The minimum atomic E-state index is -0.171. The smallest absolute Gasteiger partial charge is 0.285 e. The molecule has 0 saturated heterocycles. The van der Waals surface area contributed by atoms with Crippen molar-refractivity contribution < 1.29 is 4.79 Å². The molecule has 0 aliphatic carbocycles. The summed E-state index contributed by atoms with van der Waals surface area (Å²) in [5, 5.41) is 7.71. The van der Waals surface area contributed by atoms with Crippen molar-refractivity contribution in [2.24, 2.45) is 0 Å². The minimum absolute atomic E-state index is 0.0265. The van der Waals surface area contributed by atoms with Crippen LogP contribution in [0, 0.1) is 0 Å². The highest BCUT2D eigenvalue weighted by Crippen LogP contribution is 2.22. The summed E-state index contributed by atoms with van der Waals surface area (Å²) < 4.78 is 0.277. The van der Waals surface area contributed by atoms with Crippen LogP contribution in [0.1, 0.15) is 28.3 Å². The fourth-order valence-electron chi connectivity index (χ4n) is 1.57. The molecule has 0 saturated carbocycles. The Morgan fingerprint density at radius 2 is 2.00 bits per heavy atom. The lowest BCUT2D eigenvalue weighted by Crippen LogP contribution is -2.29. The maximum Gasteiger partial charge on any atom is 0.285 e. The Kier molecular flexibility index (Phi) is 3.93. The molecule has 94 valence electrons. The number of carbonyl (C=O) groups excluding carboxylic acids is 1. The minimum Gasteiger partial charge on any atom is -0.333 e. The molecule has 1 unspecified atom stereocenters. The molecule has 0 bridgehead atoms. The third-order valence-electron chi connectivity index (χ3n) is 2.77. The van der Waals surface area contributed by atoms with Gasteiger partial charge in [0.2, 0.25) is 9.47 Å². The van der Waals surface area contributed by atoms with Crippen LogP contribution in [0.15, 0.2) is 30.3 Å². The van der Waals surface area contributed by atoms with Crippen LogP contribution in [0.3, 0.4) is 0 Å². The number of hydrogen-bond donors (Lipinski definition) is 0. The van der Waals surface area contributed by atoms with E-state index in [9.17, 15) is 4.79 Å². The molecule has 1 aromatic heterocycles. The maximum absolute atomic E-state index is 12.1. The average molecular weight is 282 g/mol. The van der Waals surface area contributed by atoms with Crippen LogP contribution in [0.2, 0.25) is 4.47 Å². The van der Waals surface area contributed by atoms with Gasteiger partial charge in [0.25, 0.3) is 5.91 Å². The summed E-state index contributed by atoms with van der Waals surface area (Å²) >= 11 is 6.77. The second-order valence-electron chi connectivity index (χ2n) is 3.86. The third kappa shape index (κ3) is 2.68. The van der Waals surface area contributed by atoms with E-state index < -0.39 is 0 Å². The molecular weight excluding hydrogens is 270 g/mol. The van der Waals surface area contributed by atoms with Gasteiger partial charge in [-0.25, -0.2) is 0 Å². The van der Waals surface area contributed by atoms with Gasteiger partial charge < -0.3 is 4.90 Å². The number of nitrogens with zero attached hydrogens (tertiary/aromatic N) is 3. The lowest BCUT2D eigenvalue weighted by Gasteiger charge is -2.24. The molecule has 0 aliphatic rings. The first-order valence-corrected chi connectivity index (χ1v) is 6.60. The Hall–Kier alpha value is -1.46. The highest BCUT2D eigenvalue weighted by molar-refractivity contribution is 7.17. The summed E-state index contributed by atoms with van der Waals surface area (Å²) in [5.74, 6) is -0.171. The SMILES string of the molecule is CC(c1ccccc1)N(C)C(=O)c1nnc(Cl)s1. The van der Waals surface area contributed by atoms with Gasteiger partial charge in [-0.1, -0.05) is 41.7 Å². The zero-order valence-electron chi connectivity index (χ0n) is 10.0. The number of amides is 1. The number of hydrogen-bond acceptors (Lipinski definition) is 4. The van der Waals surface area contributed by atoms with Crippen LogP contribution in [0.4, 0.5) is 0 Å². The van der Waals surface area contributed by atoms with Gasteiger partial charge in [-0.3, -0.25) is 4.79 Å². The van der Waals surface area contributed by atoms with Crippen molar-refractivity contribution in [3.63, 3.8) is 0 Å². The molecule has 1 amide bonds. The van der Waals surface area contributed by atoms with E-state index in [1.807, 2.05) is 37.3 Å². The molecule has 0 fully saturated rings. The van der Waals surface area contributed by atoms with Gasteiger partial charge in [-0.15, -0.1) is 10.2 Å². The van der Waals surface area contributed by atoms with Crippen molar-refractivity contribution in [2.45, 2.75) is 13.0 Å². The molecule has 6 heteroatoms. The molecular formula is C12H12ClN3OS. The van der Waals surface area contributed by atoms with Gasteiger partial charge in [-0.05, 0) is 24.1 Å². The topological polar surface area (TPSA) is 46.1 Å². The highest BCUT2D eigenvalue weighted by Gasteiger charge is 2.21. The van der Waals surface area contributed by atoms with Gasteiger partial charge >= 0.3 is 0 Å². The second-order valence-corrected chi connectivity index (χ2v) is 5.42. The monoisotopic (exact) mass is 281 g/mol. The third-order valence-corrected chi connectivity index (χ3v) is 3.77. The predicted molar refractivity (Wildman–Crippen MR) is 71.9 cm³/mol. The van der Waals surface area contributed by atoms with E-state index in [4.69, 9.17) is 11.6 Å². The van der Waals surface area contributed by atoms with Crippen LogP contribution in [0.25, 0.3) is 0 Å². The first-order chi connectivity index (χ1) is 8.59. The summed E-state index contributed by atoms with van der Waals surface area (Å²) in [6, 6.07) is 9.80. The van der Waals surface area contributed by atoms with Crippen molar-refractivity contribution >= 4 is 28.8 Å². The Bertz CT molecular complexity index is 543. The number of halogens is 1. The lowest BCUT2D eigenvalue weighted by molar-refractivity contribution is 0.0741. The van der Waals surface area contributed by atoms with Crippen LogP contribution in [-0.4, -0.2) is 28.1 Å². The zero-order valence-corrected chi connectivity index (χ0v) is 11.6. The molecule has 0 radical (unpaired) electrons. The number of aromatic nitrogens is 2. The maximum atomic E-state index is 12.1. The summed E-state index contributed by atoms with van der Waals surface area (Å²) in [5.41, 5.74) is 1.07. The van der Waals surface area contributed by atoms with Gasteiger partial charge in [0.05, 0.1) is 6.04 Å². The summed E-state index contributed by atoms with van der Waals surface area (Å²) in [6.07, 6.45) is 0. The van der Waals surface area contributed by atoms with E-state index >= 15 is 0 Å². The standard InChI is InChI=1S/C12H12ClN3OS/c1-8(9-6-4-3-5-7-9)16(2)11(17)10-14-15-12(13)18-10/h3-8H,1-2H3. The molecule has 2 aromatic rings. The predicted octanol–water partition coefficient (Wildman–Crippen LogP) is 3.02. The van der Waals surface area contributed by atoms with Crippen LogP contribution in [0.5, 0.6) is 0 Å². The van der Waals surface area contributed by atoms with Crippen LogP contribution >= 0.6 is 22.9 Å². The summed E-state index contributed by atoms with van der Waals surface area (Å²) in [7, 11) is 1.75. The van der Waals surface area contributed by atoms with Crippen molar-refractivity contribution in [3.8, 4) is 0 Å². The van der Waals surface area contributed by atoms with E-state index in [1.54, 1.807) is 11.9 Å². The first kappa shape index (κ1) is 13.0. The van der Waals surface area contributed by atoms with E-state index in [0.717, 1.165) is 16.9 Å². The largest absolute Gasteiger partial charge is 0.333 e. The number of rotatable bonds is 3. The van der Waals surface area contributed by atoms with Crippen molar-refractivity contribution in [3.05, 3.63) is 45.4 Å². The normalized spacial score (nSPS) is 12.2. The second kappa shape index (κ2) is 5.46. The molecule has 1 atom stereocenters. The van der Waals surface area contributed by atoms with Gasteiger partial charge in [0.15, 0.2) is 0 Å². The quantitative estimate of drug-likeness (QED) is 0.869. The summed E-state index contributed by atoms with van der Waals surface area (Å²) in [6.45, 7) is 1.97. The number of carbonyl (C=O) groups is 1. The molecule has 0 aliphatic heterocycles. The van der Waals surface area contributed by atoms with E-state index in [-0.39, 0.29) is 16.4 Å². The molecule has 4 nitrogen and oxygen atoms in total. The lowest BCUT2D eigenvalue weighted by atomic mass is 10.1. The molecule has 18 heavy (non-hydrogen) atoms. The average Bonchev–Trinajstić information content (AvgIpc) is 2.84. The molecule has 0 spiro atoms. The fraction of sp³-hybridized carbons (Fsp3) is 0.250. The fourth-order valence-corrected chi connectivity index (χ4v) is 2.38. The van der Waals surface area contributed by atoms with E-state index in [2.05, 4.69) is 10.2 Å². The molecule has 1 heterocycles. The summed E-state index contributed by atoms with van der Waals surface area (Å²) in [4.78, 5) is 13.8. The Morgan fingerprint density at radius 1 is 1.33 bits per heavy atom. The van der Waals surface area contributed by atoms with Crippen LogP contribution < -0.4 is 0 Å². The van der Waals surface area contributed by atoms with Crippen LogP contribution in [-0.2, 0) is 0 Å². The number of benzene rings is 1. The molecule has 0 N–H and O–H groups in total. The van der Waals surface area contributed by atoms with Gasteiger partial charge in [0.1, 0.15) is 0 Å². The van der Waals surface area contributed by atoms with Gasteiger partial charge in [-0.2, -0.15) is 0 Å². The highest BCUT2D eigenvalue weighted by atomic mass is 35.5. The van der Waals surface area contributed by atoms with Gasteiger partial charge in [0, 0.05) is 7.05 Å². The zero-order chi connectivity index (χ0) is 13.1. The van der Waals surface area contributed by atoms with E-state index in [1.165, 1.54) is 0 Å².